The molecule has 0 N–H and O–H groups in total. The van der Waals surface area contributed by atoms with Gasteiger partial charge in [0.15, 0.2) is 0 Å². The van der Waals surface area contributed by atoms with Gasteiger partial charge in [-0.15, -0.1) is 0 Å². The Morgan fingerprint density at radius 1 is 0.846 bits per heavy atom. The summed E-state index contributed by atoms with van der Waals surface area (Å²) in [5.41, 5.74) is 1.53. The first kappa shape index (κ1) is 17.2. The highest BCUT2D eigenvalue weighted by Gasteiger charge is 2.43. The molecule has 0 bridgehead atoms. The van der Waals surface area contributed by atoms with Crippen molar-refractivity contribution < 1.29 is 9.18 Å². The Labute approximate surface area is 154 Å². The molecule has 2 saturated heterocycles. The van der Waals surface area contributed by atoms with E-state index < -0.39 is 5.82 Å². The van der Waals surface area contributed by atoms with Gasteiger partial charge in [-0.3, -0.25) is 9.69 Å². The van der Waals surface area contributed by atoms with Crippen LogP contribution in [0.5, 0.6) is 0 Å². The zero-order chi connectivity index (χ0) is 18.0. The summed E-state index contributed by atoms with van der Waals surface area (Å²) in [5.74, 6) is -0.622. The van der Waals surface area contributed by atoms with E-state index in [9.17, 15) is 9.18 Å². The fourth-order valence-electron chi connectivity index (χ4n) is 4.57. The number of amides is 1. The van der Waals surface area contributed by atoms with Gasteiger partial charge in [-0.25, -0.2) is 4.39 Å². The summed E-state index contributed by atoms with van der Waals surface area (Å²) in [4.78, 5) is 17.2. The number of carbonyl (C=O) groups is 1. The smallest absolute Gasteiger partial charge is 0.256 e. The summed E-state index contributed by atoms with van der Waals surface area (Å²) in [6, 6.07) is 17.0. The molecule has 0 aliphatic carbocycles. The van der Waals surface area contributed by atoms with Crippen LogP contribution in [0.3, 0.4) is 0 Å². The number of benzene rings is 2. The number of nitrogens with zero attached hydrogens (tertiary/aromatic N) is 2. The number of hydrogen-bond donors (Lipinski definition) is 0. The molecule has 2 aromatic rings. The predicted octanol–water partition coefficient (Wildman–Crippen LogP) is 4.05. The lowest BCUT2D eigenvalue weighted by atomic mass is 9.79. The first-order chi connectivity index (χ1) is 12.7. The van der Waals surface area contributed by atoms with Crippen LogP contribution in [0, 0.1) is 5.82 Å². The Morgan fingerprint density at radius 3 is 2.12 bits per heavy atom. The molecule has 0 spiro atoms. The van der Waals surface area contributed by atoms with Crippen molar-refractivity contribution in [3.63, 3.8) is 0 Å². The average Bonchev–Trinajstić information content (AvgIpc) is 3.24. The van der Waals surface area contributed by atoms with Gasteiger partial charge in [0, 0.05) is 18.6 Å². The minimum absolute atomic E-state index is 0.00374. The van der Waals surface area contributed by atoms with Gasteiger partial charge >= 0.3 is 0 Å². The van der Waals surface area contributed by atoms with E-state index >= 15 is 0 Å². The molecule has 0 aromatic heterocycles. The zero-order valence-corrected chi connectivity index (χ0v) is 15.0. The van der Waals surface area contributed by atoms with E-state index in [4.69, 9.17) is 0 Å². The van der Waals surface area contributed by atoms with E-state index in [1.54, 1.807) is 18.2 Å². The highest BCUT2D eigenvalue weighted by atomic mass is 19.1. The second-order valence-corrected chi connectivity index (χ2v) is 7.36. The van der Waals surface area contributed by atoms with E-state index in [0.717, 1.165) is 25.9 Å². The lowest BCUT2D eigenvalue weighted by Gasteiger charge is -2.48. The maximum atomic E-state index is 14.0. The first-order valence-electron chi connectivity index (χ1n) is 9.55. The second kappa shape index (κ2) is 7.20. The lowest BCUT2D eigenvalue weighted by molar-refractivity contribution is 0.0292. The first-order valence-corrected chi connectivity index (χ1v) is 9.55. The quantitative estimate of drug-likeness (QED) is 0.832. The summed E-state index contributed by atoms with van der Waals surface area (Å²) in [7, 11) is 0. The third kappa shape index (κ3) is 3.03. The van der Waals surface area contributed by atoms with Crippen molar-refractivity contribution in [1.82, 2.24) is 9.80 Å². The molecule has 0 saturated carbocycles. The van der Waals surface area contributed by atoms with Gasteiger partial charge in [0.05, 0.1) is 5.56 Å². The molecule has 0 radical (unpaired) electrons. The maximum Gasteiger partial charge on any atom is 0.256 e. The van der Waals surface area contributed by atoms with Crippen molar-refractivity contribution in [1.29, 1.82) is 0 Å². The normalized spacial score (nSPS) is 20.3. The van der Waals surface area contributed by atoms with Crippen LogP contribution in [0.1, 0.15) is 41.6 Å². The Bertz CT molecular complexity index is 763. The molecule has 2 aliphatic rings. The molecule has 4 heteroatoms. The summed E-state index contributed by atoms with van der Waals surface area (Å²) >= 11 is 0. The van der Waals surface area contributed by atoms with Gasteiger partial charge in [-0.2, -0.15) is 0 Å². The van der Waals surface area contributed by atoms with E-state index in [1.165, 1.54) is 24.5 Å². The molecule has 3 nitrogen and oxygen atoms in total. The maximum absolute atomic E-state index is 14.0. The highest BCUT2D eigenvalue weighted by molar-refractivity contribution is 5.94. The minimum atomic E-state index is -0.433. The van der Waals surface area contributed by atoms with Crippen LogP contribution < -0.4 is 0 Å². The molecule has 136 valence electrons. The number of halogens is 1. The van der Waals surface area contributed by atoms with Gasteiger partial charge in [0.25, 0.3) is 5.91 Å². The van der Waals surface area contributed by atoms with Crippen molar-refractivity contribution in [2.24, 2.45) is 0 Å². The topological polar surface area (TPSA) is 23.6 Å². The summed E-state index contributed by atoms with van der Waals surface area (Å²) in [6.07, 6.45) is 4.29. The lowest BCUT2D eigenvalue weighted by Crippen LogP contribution is -2.53. The Kier molecular flexibility index (Phi) is 4.77. The molecule has 2 aliphatic heterocycles. The fraction of sp³-hybridized carbons (Fsp3) is 0.409. The molecule has 2 heterocycles. The van der Waals surface area contributed by atoms with E-state index in [2.05, 4.69) is 35.2 Å². The third-order valence-electron chi connectivity index (χ3n) is 6.00. The van der Waals surface area contributed by atoms with Gasteiger partial charge in [-0.1, -0.05) is 42.5 Å². The van der Waals surface area contributed by atoms with E-state index in [-0.39, 0.29) is 17.0 Å². The average molecular weight is 352 g/mol. The van der Waals surface area contributed by atoms with Crippen molar-refractivity contribution in [2.75, 3.05) is 26.2 Å². The van der Waals surface area contributed by atoms with Crippen LogP contribution >= 0.6 is 0 Å². The van der Waals surface area contributed by atoms with Crippen LogP contribution in [0.2, 0.25) is 0 Å². The molecule has 26 heavy (non-hydrogen) atoms. The van der Waals surface area contributed by atoms with Gasteiger partial charge in [-0.05, 0) is 56.5 Å². The number of likely N-dealkylation sites (tertiary alicyclic amines) is 2. The molecule has 2 fully saturated rings. The highest BCUT2D eigenvalue weighted by Crippen LogP contribution is 2.41. The Hall–Kier alpha value is -2.20. The number of carbonyl (C=O) groups excluding carboxylic acids is 1. The van der Waals surface area contributed by atoms with Crippen LogP contribution in [-0.2, 0) is 5.54 Å². The summed E-state index contributed by atoms with van der Waals surface area (Å²) in [6.45, 7) is 3.57. The number of rotatable bonds is 3. The number of hydrogen-bond acceptors (Lipinski definition) is 2. The Morgan fingerprint density at radius 2 is 1.46 bits per heavy atom. The van der Waals surface area contributed by atoms with Gasteiger partial charge in [0.2, 0.25) is 0 Å². The predicted molar refractivity (Wildman–Crippen MR) is 100 cm³/mol. The van der Waals surface area contributed by atoms with Crippen molar-refractivity contribution in [3.05, 3.63) is 71.5 Å². The summed E-state index contributed by atoms with van der Waals surface area (Å²) in [5, 5.41) is 0. The Balaban J connectivity index is 1.56. The van der Waals surface area contributed by atoms with Crippen LogP contribution in [0.25, 0.3) is 0 Å². The largest absolute Gasteiger partial charge is 0.338 e. The molecule has 4 rings (SSSR count). The standard InChI is InChI=1S/C22H25FN2O/c23-20-11-5-4-10-19(20)21(26)24-16-12-22(13-17-24,25-14-6-7-15-25)18-8-2-1-3-9-18/h1-5,8-11H,6-7,12-17H2. The summed E-state index contributed by atoms with van der Waals surface area (Å²) < 4.78 is 14.0. The van der Waals surface area contributed by atoms with Gasteiger partial charge < -0.3 is 4.90 Å². The van der Waals surface area contributed by atoms with Crippen molar-refractivity contribution in [3.8, 4) is 0 Å². The molecular formula is C22H25FN2O. The van der Waals surface area contributed by atoms with Crippen LogP contribution in [0.4, 0.5) is 4.39 Å². The third-order valence-corrected chi connectivity index (χ3v) is 6.00. The molecule has 0 unspecified atom stereocenters. The van der Waals surface area contributed by atoms with E-state index in [0.29, 0.717) is 13.1 Å². The molecule has 1 amide bonds. The SMILES string of the molecule is O=C(c1ccccc1F)N1CCC(c2ccccc2)(N2CCCC2)CC1. The number of piperidine rings is 1. The van der Waals surface area contributed by atoms with E-state index in [1.807, 2.05) is 4.90 Å². The molecular weight excluding hydrogens is 327 g/mol. The van der Waals surface area contributed by atoms with Crippen molar-refractivity contribution in [2.45, 2.75) is 31.2 Å². The monoisotopic (exact) mass is 352 g/mol. The van der Waals surface area contributed by atoms with Crippen molar-refractivity contribution >= 4 is 5.91 Å². The zero-order valence-electron chi connectivity index (χ0n) is 15.0. The minimum Gasteiger partial charge on any atom is -0.338 e. The van der Waals surface area contributed by atoms with Gasteiger partial charge in [0.1, 0.15) is 5.82 Å². The molecule has 0 atom stereocenters. The second-order valence-electron chi connectivity index (χ2n) is 7.36. The van der Waals surface area contributed by atoms with Crippen LogP contribution in [-0.4, -0.2) is 41.9 Å². The van der Waals surface area contributed by atoms with Crippen LogP contribution in [0.15, 0.2) is 54.6 Å². The fourth-order valence-corrected chi connectivity index (χ4v) is 4.57. The molecule has 2 aromatic carbocycles.